The Balaban J connectivity index is 4.86. The number of ether oxygens (including phenoxy) is 2. The van der Waals surface area contributed by atoms with E-state index in [9.17, 15) is 9.59 Å². The third-order valence-electron chi connectivity index (χ3n) is 1.97. The van der Waals surface area contributed by atoms with Gasteiger partial charge in [-0.15, -0.1) is 0 Å². The Kier molecular flexibility index (Phi) is 6.20. The van der Waals surface area contributed by atoms with E-state index in [1.807, 2.05) is 0 Å². The molecule has 0 aromatic rings. The molecule has 0 radical (unpaired) electrons. The molecule has 0 aromatic carbocycles. The van der Waals surface area contributed by atoms with Crippen LogP contribution in [0.4, 0.5) is 9.59 Å². The van der Waals surface area contributed by atoms with Gasteiger partial charge in [-0.05, 0) is 55.4 Å². The largest absolute Gasteiger partial charge is 0.444 e. The standard InChI is InChI=1S/C14H27N3O4/c1-9(2)17(12(19)21-14(6,7)8)10(15)16-11(18)20-13(3,4)5/h9H,1-8H3,(H2,15,16,18). The van der Waals surface area contributed by atoms with E-state index >= 15 is 0 Å². The lowest BCUT2D eigenvalue weighted by atomic mass is 10.2. The average Bonchev–Trinajstić information content (AvgIpc) is 2.08. The van der Waals surface area contributed by atoms with Gasteiger partial charge in [0.2, 0.25) is 5.96 Å². The number of guanidine groups is 1. The van der Waals surface area contributed by atoms with Crippen LogP contribution in [0.2, 0.25) is 0 Å². The number of rotatable bonds is 1. The fourth-order valence-electron chi connectivity index (χ4n) is 1.33. The number of amides is 2. The van der Waals surface area contributed by atoms with Gasteiger partial charge in [0.15, 0.2) is 0 Å². The minimum Gasteiger partial charge on any atom is -0.444 e. The zero-order chi connectivity index (χ0) is 17.0. The number of hydrogen-bond acceptors (Lipinski definition) is 5. The van der Waals surface area contributed by atoms with E-state index in [4.69, 9.17) is 14.9 Å². The molecule has 0 bridgehead atoms. The van der Waals surface area contributed by atoms with Gasteiger partial charge in [-0.1, -0.05) is 0 Å². The van der Waals surface area contributed by atoms with Crippen molar-refractivity contribution in [2.75, 3.05) is 0 Å². The minimum absolute atomic E-state index is 0.345. The highest BCUT2D eigenvalue weighted by Crippen LogP contribution is 2.12. The van der Waals surface area contributed by atoms with Crippen LogP contribution in [0.25, 0.3) is 0 Å². The Hall–Kier alpha value is -1.79. The van der Waals surface area contributed by atoms with Crippen LogP contribution in [0, 0.1) is 5.41 Å². The molecule has 0 aliphatic carbocycles. The molecule has 0 atom stereocenters. The van der Waals surface area contributed by atoms with Gasteiger partial charge in [-0.25, -0.2) is 14.5 Å². The third kappa shape index (κ3) is 8.16. The monoisotopic (exact) mass is 301 g/mol. The molecular formula is C14H27N3O4. The maximum atomic E-state index is 12.1. The first-order valence-corrected chi connectivity index (χ1v) is 6.83. The van der Waals surface area contributed by atoms with Crippen molar-refractivity contribution in [1.82, 2.24) is 10.2 Å². The lowest BCUT2D eigenvalue weighted by Gasteiger charge is -2.30. The summed E-state index contributed by atoms with van der Waals surface area (Å²) in [7, 11) is 0. The van der Waals surface area contributed by atoms with Crippen molar-refractivity contribution in [3.63, 3.8) is 0 Å². The van der Waals surface area contributed by atoms with Crippen molar-refractivity contribution >= 4 is 18.1 Å². The molecule has 7 nitrogen and oxygen atoms in total. The van der Waals surface area contributed by atoms with Crippen molar-refractivity contribution in [3.8, 4) is 0 Å². The third-order valence-corrected chi connectivity index (χ3v) is 1.97. The maximum absolute atomic E-state index is 12.1. The highest BCUT2D eigenvalue weighted by atomic mass is 16.6. The fraction of sp³-hybridized carbons (Fsp3) is 0.786. The van der Waals surface area contributed by atoms with Gasteiger partial charge in [-0.2, -0.15) is 0 Å². The van der Waals surface area contributed by atoms with Gasteiger partial charge < -0.3 is 9.47 Å². The second-order valence-electron chi connectivity index (χ2n) is 6.92. The summed E-state index contributed by atoms with van der Waals surface area (Å²) >= 11 is 0. The minimum atomic E-state index is -0.790. The molecule has 21 heavy (non-hydrogen) atoms. The first kappa shape index (κ1) is 19.2. The van der Waals surface area contributed by atoms with E-state index in [1.165, 1.54) is 0 Å². The summed E-state index contributed by atoms with van der Waals surface area (Å²) in [5.41, 5.74) is -1.37. The smallest absolute Gasteiger partial charge is 0.417 e. The van der Waals surface area contributed by atoms with Crippen LogP contribution in [0.5, 0.6) is 0 Å². The van der Waals surface area contributed by atoms with Crippen molar-refractivity contribution < 1.29 is 19.1 Å². The summed E-state index contributed by atoms with van der Waals surface area (Å²) in [4.78, 5) is 24.8. The number of nitrogens with one attached hydrogen (secondary N) is 2. The van der Waals surface area contributed by atoms with Crippen molar-refractivity contribution in [2.45, 2.75) is 72.6 Å². The van der Waals surface area contributed by atoms with Crippen LogP contribution in [0.15, 0.2) is 0 Å². The zero-order valence-electron chi connectivity index (χ0n) is 14.2. The summed E-state index contributed by atoms with van der Waals surface area (Å²) in [6.45, 7) is 13.8. The predicted octanol–water partition coefficient (Wildman–Crippen LogP) is 3.09. The van der Waals surface area contributed by atoms with E-state index < -0.39 is 23.4 Å². The SMILES string of the molecule is CC(C)N(C(=N)NC(=O)OC(C)(C)C)C(=O)OC(C)(C)C. The lowest BCUT2D eigenvalue weighted by molar-refractivity contribution is 0.0319. The highest BCUT2D eigenvalue weighted by Gasteiger charge is 2.29. The Morgan fingerprint density at radius 2 is 1.43 bits per heavy atom. The van der Waals surface area contributed by atoms with Gasteiger partial charge in [-0.3, -0.25) is 10.7 Å². The topological polar surface area (TPSA) is 91.7 Å². The highest BCUT2D eigenvalue weighted by molar-refractivity contribution is 6.00. The molecule has 0 aliphatic rings. The molecule has 0 unspecified atom stereocenters. The number of alkyl carbamates (subject to hydrolysis) is 1. The van der Waals surface area contributed by atoms with Gasteiger partial charge in [0.1, 0.15) is 11.2 Å². The van der Waals surface area contributed by atoms with E-state index in [2.05, 4.69) is 5.32 Å². The van der Waals surface area contributed by atoms with E-state index in [1.54, 1.807) is 55.4 Å². The Morgan fingerprint density at radius 1 is 1.00 bits per heavy atom. The Labute approximate surface area is 126 Å². The lowest BCUT2D eigenvalue weighted by Crippen LogP contribution is -2.52. The first-order chi connectivity index (χ1) is 9.23. The predicted molar refractivity (Wildman–Crippen MR) is 80.3 cm³/mol. The molecule has 0 rings (SSSR count). The molecule has 0 fully saturated rings. The molecule has 2 amide bonds. The average molecular weight is 301 g/mol. The fourth-order valence-corrected chi connectivity index (χ4v) is 1.33. The van der Waals surface area contributed by atoms with Crippen molar-refractivity contribution in [3.05, 3.63) is 0 Å². The maximum Gasteiger partial charge on any atom is 0.417 e. The van der Waals surface area contributed by atoms with Gasteiger partial charge in [0.25, 0.3) is 0 Å². The molecule has 122 valence electrons. The molecule has 2 N–H and O–H groups in total. The van der Waals surface area contributed by atoms with Gasteiger partial charge in [0, 0.05) is 6.04 Å². The van der Waals surface area contributed by atoms with Crippen LogP contribution in [-0.4, -0.2) is 40.3 Å². The van der Waals surface area contributed by atoms with Crippen molar-refractivity contribution in [1.29, 1.82) is 5.41 Å². The Morgan fingerprint density at radius 3 is 1.76 bits per heavy atom. The van der Waals surface area contributed by atoms with Crippen molar-refractivity contribution in [2.24, 2.45) is 0 Å². The quantitative estimate of drug-likeness (QED) is 0.575. The van der Waals surface area contributed by atoms with Crippen LogP contribution in [0.3, 0.4) is 0 Å². The van der Waals surface area contributed by atoms with Crippen LogP contribution >= 0.6 is 0 Å². The Bertz CT molecular complexity index is 405. The number of carbonyl (C=O) groups excluding carboxylic acids is 2. The summed E-state index contributed by atoms with van der Waals surface area (Å²) in [5, 5.41) is 10.1. The second kappa shape index (κ2) is 6.78. The summed E-state index contributed by atoms with van der Waals surface area (Å²) in [5.74, 6) is -0.381. The molecule has 0 spiro atoms. The molecule has 0 aliphatic heterocycles. The first-order valence-electron chi connectivity index (χ1n) is 6.83. The molecule has 0 heterocycles. The van der Waals surface area contributed by atoms with Gasteiger partial charge in [0.05, 0.1) is 0 Å². The molecule has 0 saturated carbocycles. The summed E-state index contributed by atoms with van der Waals surface area (Å²) < 4.78 is 10.3. The van der Waals surface area contributed by atoms with Crippen LogP contribution in [-0.2, 0) is 9.47 Å². The zero-order valence-corrected chi connectivity index (χ0v) is 14.2. The molecule has 0 saturated heterocycles. The van der Waals surface area contributed by atoms with Crippen LogP contribution in [0.1, 0.15) is 55.4 Å². The second-order valence-corrected chi connectivity index (χ2v) is 6.92. The van der Waals surface area contributed by atoms with Gasteiger partial charge >= 0.3 is 12.2 Å². The summed E-state index contributed by atoms with van der Waals surface area (Å²) in [6.07, 6.45) is -1.49. The number of hydrogen-bond donors (Lipinski definition) is 2. The molecular weight excluding hydrogens is 274 g/mol. The molecule has 0 aromatic heterocycles. The van der Waals surface area contributed by atoms with Crippen LogP contribution < -0.4 is 5.32 Å². The number of carbonyl (C=O) groups is 2. The van der Waals surface area contributed by atoms with E-state index in [0.29, 0.717) is 0 Å². The van der Waals surface area contributed by atoms with E-state index in [-0.39, 0.29) is 12.0 Å². The van der Waals surface area contributed by atoms with E-state index in [0.717, 1.165) is 4.90 Å². The molecule has 7 heteroatoms. The summed E-state index contributed by atoms with van der Waals surface area (Å²) in [6, 6.07) is -0.345. The normalized spacial score (nSPS) is 11.9. The number of nitrogens with zero attached hydrogens (tertiary/aromatic N) is 1.